The summed E-state index contributed by atoms with van der Waals surface area (Å²) in [5.41, 5.74) is 0.843. The van der Waals surface area contributed by atoms with Crippen molar-refractivity contribution in [2.75, 3.05) is 23.7 Å². The number of benzene rings is 1. The number of rotatable bonds is 7. The van der Waals surface area contributed by atoms with Crippen LogP contribution in [-0.2, 0) is 4.79 Å². The molecule has 28 heavy (non-hydrogen) atoms. The summed E-state index contributed by atoms with van der Waals surface area (Å²) >= 11 is 7.90. The van der Waals surface area contributed by atoms with E-state index in [2.05, 4.69) is 15.1 Å². The van der Waals surface area contributed by atoms with Gasteiger partial charge in [-0.15, -0.1) is 10.2 Å². The van der Waals surface area contributed by atoms with Crippen molar-refractivity contribution in [1.82, 2.24) is 19.7 Å². The highest BCUT2D eigenvalue weighted by Crippen LogP contribution is 2.32. The molecule has 3 rings (SSSR count). The highest BCUT2D eigenvalue weighted by Gasteiger charge is 2.25. The highest BCUT2D eigenvalue weighted by atomic mass is 35.5. The molecule has 0 bridgehead atoms. The van der Waals surface area contributed by atoms with Crippen molar-refractivity contribution in [3.8, 4) is 5.69 Å². The Labute approximate surface area is 176 Å². The standard InChI is InChI=1S/C20H28ClN5OS/c1-14(2)25(15(3)4)18(27)13-28-20-23-22-19(24-11-7-8-12-24)26(20)17-10-6-5-9-16(17)21/h5-6,9-10,14-15H,7-8,11-13H2,1-4H3. The number of anilines is 1. The molecule has 1 aliphatic heterocycles. The van der Waals surface area contributed by atoms with Crippen LogP contribution in [0, 0.1) is 0 Å². The first kappa shape index (κ1) is 21.0. The number of amides is 1. The van der Waals surface area contributed by atoms with Crippen LogP contribution in [-0.4, -0.2) is 56.5 Å². The molecule has 1 fully saturated rings. The third-order valence-electron chi connectivity index (χ3n) is 4.82. The monoisotopic (exact) mass is 421 g/mol. The van der Waals surface area contributed by atoms with Crippen molar-refractivity contribution in [3.05, 3.63) is 29.3 Å². The van der Waals surface area contributed by atoms with E-state index in [4.69, 9.17) is 11.6 Å². The number of carbonyl (C=O) groups excluding carboxylic acids is 1. The lowest BCUT2D eigenvalue weighted by Crippen LogP contribution is -2.43. The largest absolute Gasteiger partial charge is 0.341 e. The lowest BCUT2D eigenvalue weighted by molar-refractivity contribution is -0.131. The van der Waals surface area contributed by atoms with Crippen LogP contribution in [0.4, 0.5) is 5.95 Å². The van der Waals surface area contributed by atoms with Gasteiger partial charge in [-0.25, -0.2) is 0 Å². The van der Waals surface area contributed by atoms with Gasteiger partial charge in [0.15, 0.2) is 5.16 Å². The van der Waals surface area contributed by atoms with Crippen LogP contribution < -0.4 is 4.90 Å². The number of thioether (sulfide) groups is 1. The molecule has 2 heterocycles. The second-order valence-corrected chi connectivity index (χ2v) is 8.89. The lowest BCUT2D eigenvalue weighted by Gasteiger charge is -2.30. The molecule has 2 aromatic rings. The fourth-order valence-corrected chi connectivity index (χ4v) is 4.72. The minimum atomic E-state index is 0.103. The summed E-state index contributed by atoms with van der Waals surface area (Å²) in [7, 11) is 0. The molecule has 0 radical (unpaired) electrons. The molecule has 0 N–H and O–H groups in total. The first-order valence-corrected chi connectivity index (χ1v) is 11.2. The number of carbonyl (C=O) groups is 1. The predicted octanol–water partition coefficient (Wildman–Crippen LogP) is 4.26. The molecule has 1 aromatic carbocycles. The van der Waals surface area contributed by atoms with Crippen molar-refractivity contribution >= 4 is 35.2 Å². The Morgan fingerprint density at radius 1 is 1.14 bits per heavy atom. The summed E-state index contributed by atoms with van der Waals surface area (Å²) in [5, 5.41) is 10.2. The van der Waals surface area contributed by atoms with Gasteiger partial charge in [0.1, 0.15) is 0 Å². The molecule has 152 valence electrons. The van der Waals surface area contributed by atoms with Crippen LogP contribution >= 0.6 is 23.4 Å². The lowest BCUT2D eigenvalue weighted by atomic mass is 10.2. The molecule has 0 saturated carbocycles. The first-order chi connectivity index (χ1) is 13.4. The Bertz CT molecular complexity index is 809. The Balaban J connectivity index is 1.89. The second-order valence-electron chi connectivity index (χ2n) is 7.54. The number of hydrogen-bond donors (Lipinski definition) is 0. The summed E-state index contributed by atoms with van der Waals surface area (Å²) in [6.07, 6.45) is 2.29. The maximum Gasteiger partial charge on any atom is 0.233 e. The van der Waals surface area contributed by atoms with E-state index < -0.39 is 0 Å². The zero-order valence-corrected chi connectivity index (χ0v) is 18.5. The average molecular weight is 422 g/mol. The topological polar surface area (TPSA) is 54.3 Å². The summed E-state index contributed by atoms with van der Waals surface area (Å²) in [6.45, 7) is 10.1. The smallest absolute Gasteiger partial charge is 0.233 e. The molecule has 0 unspecified atom stereocenters. The van der Waals surface area contributed by atoms with Crippen LogP contribution in [0.1, 0.15) is 40.5 Å². The van der Waals surface area contributed by atoms with Crippen LogP contribution in [0.2, 0.25) is 5.02 Å². The number of aromatic nitrogens is 3. The van der Waals surface area contributed by atoms with Crippen molar-refractivity contribution in [2.45, 2.75) is 57.8 Å². The van der Waals surface area contributed by atoms with Gasteiger partial charge in [0, 0.05) is 25.2 Å². The van der Waals surface area contributed by atoms with Gasteiger partial charge in [-0.1, -0.05) is 35.5 Å². The van der Waals surface area contributed by atoms with E-state index in [0.29, 0.717) is 15.9 Å². The minimum Gasteiger partial charge on any atom is -0.341 e. The quantitative estimate of drug-likeness (QED) is 0.625. The van der Waals surface area contributed by atoms with Gasteiger partial charge in [0.2, 0.25) is 11.9 Å². The molecular weight excluding hydrogens is 394 g/mol. The minimum absolute atomic E-state index is 0.103. The molecule has 0 aliphatic carbocycles. The molecule has 0 spiro atoms. The first-order valence-electron chi connectivity index (χ1n) is 9.79. The van der Waals surface area contributed by atoms with Crippen LogP contribution in [0.5, 0.6) is 0 Å². The van der Waals surface area contributed by atoms with Crippen molar-refractivity contribution in [2.24, 2.45) is 0 Å². The number of hydrogen-bond acceptors (Lipinski definition) is 5. The second kappa shape index (κ2) is 9.18. The predicted molar refractivity (Wildman–Crippen MR) is 116 cm³/mol. The van der Waals surface area contributed by atoms with Crippen LogP contribution in [0.3, 0.4) is 0 Å². The maximum absolute atomic E-state index is 12.8. The fourth-order valence-electron chi connectivity index (χ4n) is 3.69. The Kier molecular flexibility index (Phi) is 6.88. The molecule has 6 nitrogen and oxygen atoms in total. The normalized spacial score (nSPS) is 14.3. The summed E-state index contributed by atoms with van der Waals surface area (Å²) in [4.78, 5) is 16.9. The van der Waals surface area contributed by atoms with E-state index in [-0.39, 0.29) is 18.0 Å². The zero-order chi connectivity index (χ0) is 20.3. The Morgan fingerprint density at radius 2 is 1.79 bits per heavy atom. The number of halogens is 1. The Hall–Kier alpha value is -1.73. The highest BCUT2D eigenvalue weighted by molar-refractivity contribution is 7.99. The molecule has 1 saturated heterocycles. The zero-order valence-electron chi connectivity index (χ0n) is 16.9. The Morgan fingerprint density at radius 3 is 2.39 bits per heavy atom. The van der Waals surface area contributed by atoms with E-state index in [1.54, 1.807) is 0 Å². The van der Waals surface area contributed by atoms with Gasteiger partial charge in [-0.05, 0) is 52.7 Å². The maximum atomic E-state index is 12.8. The van der Waals surface area contributed by atoms with Gasteiger partial charge in [0.25, 0.3) is 0 Å². The SMILES string of the molecule is CC(C)N(C(=O)CSc1nnc(N2CCCC2)n1-c1ccccc1Cl)C(C)C. The molecule has 1 aromatic heterocycles. The van der Waals surface area contributed by atoms with Gasteiger partial charge >= 0.3 is 0 Å². The van der Waals surface area contributed by atoms with Crippen molar-refractivity contribution < 1.29 is 4.79 Å². The molecule has 1 amide bonds. The van der Waals surface area contributed by atoms with Crippen molar-refractivity contribution in [3.63, 3.8) is 0 Å². The molecule has 1 aliphatic rings. The van der Waals surface area contributed by atoms with Crippen molar-refractivity contribution in [1.29, 1.82) is 0 Å². The molecule has 8 heteroatoms. The molecular formula is C20H28ClN5OS. The van der Waals surface area contributed by atoms with Gasteiger partial charge in [-0.3, -0.25) is 9.36 Å². The van der Waals surface area contributed by atoms with E-state index in [0.717, 1.165) is 37.6 Å². The van der Waals surface area contributed by atoms with E-state index in [1.807, 2.05) is 61.4 Å². The van der Waals surface area contributed by atoms with E-state index >= 15 is 0 Å². The van der Waals surface area contributed by atoms with Gasteiger partial charge < -0.3 is 9.80 Å². The third kappa shape index (κ3) is 4.46. The third-order valence-corrected chi connectivity index (χ3v) is 6.06. The molecule has 0 atom stereocenters. The summed E-state index contributed by atoms with van der Waals surface area (Å²) in [6, 6.07) is 8.01. The van der Waals surface area contributed by atoms with Crippen LogP contribution in [0.15, 0.2) is 29.4 Å². The number of nitrogens with zero attached hydrogens (tertiary/aromatic N) is 5. The van der Waals surface area contributed by atoms with E-state index in [1.165, 1.54) is 11.8 Å². The van der Waals surface area contributed by atoms with Gasteiger partial charge in [-0.2, -0.15) is 0 Å². The average Bonchev–Trinajstić information content (AvgIpc) is 3.29. The summed E-state index contributed by atoms with van der Waals surface area (Å²) < 4.78 is 1.99. The fraction of sp³-hybridized carbons (Fsp3) is 0.550. The van der Waals surface area contributed by atoms with E-state index in [9.17, 15) is 4.79 Å². The number of para-hydroxylation sites is 1. The van der Waals surface area contributed by atoms with Gasteiger partial charge in [0.05, 0.1) is 16.5 Å². The summed E-state index contributed by atoms with van der Waals surface area (Å²) in [5.74, 6) is 1.22. The van der Waals surface area contributed by atoms with Crippen LogP contribution in [0.25, 0.3) is 5.69 Å².